The van der Waals surface area contributed by atoms with Gasteiger partial charge in [0.1, 0.15) is 42.7 Å². The van der Waals surface area contributed by atoms with Crippen molar-refractivity contribution in [3.05, 3.63) is 11.6 Å². The summed E-state index contributed by atoms with van der Waals surface area (Å²) in [5.41, 5.74) is -0.0544. The third-order valence-electron chi connectivity index (χ3n) is 16.6. The molecule has 0 radical (unpaired) electrons. The summed E-state index contributed by atoms with van der Waals surface area (Å²) in [7, 11) is 0. The van der Waals surface area contributed by atoms with E-state index in [9.17, 15) is 35.7 Å². The van der Waals surface area contributed by atoms with Crippen LogP contribution >= 0.6 is 0 Å². The predicted molar refractivity (Wildman–Crippen MR) is 192 cm³/mol. The van der Waals surface area contributed by atoms with Gasteiger partial charge in [-0.05, 0) is 93.3 Å². The van der Waals surface area contributed by atoms with Gasteiger partial charge in [0.15, 0.2) is 18.4 Å². The molecule has 4 aliphatic carbocycles. The topological polar surface area (TPSA) is 197 Å². The highest BCUT2D eigenvalue weighted by atomic mass is 16.7. The monoisotopic (exact) mass is 766 g/mol. The van der Waals surface area contributed by atoms with E-state index in [1.54, 1.807) is 0 Å². The van der Waals surface area contributed by atoms with Crippen LogP contribution in [-0.4, -0.2) is 134 Å². The van der Waals surface area contributed by atoms with Crippen molar-refractivity contribution in [1.82, 2.24) is 0 Å². The van der Waals surface area contributed by atoms with E-state index in [1.807, 2.05) is 6.92 Å². The average molecular weight is 767 g/mol. The van der Waals surface area contributed by atoms with Crippen LogP contribution in [0.3, 0.4) is 0 Å². The number of fused-ring (bicyclic) bond motifs is 4. The van der Waals surface area contributed by atoms with Crippen LogP contribution in [0.25, 0.3) is 0 Å². The number of rotatable bonds is 6. The minimum atomic E-state index is -1.68. The highest BCUT2D eigenvalue weighted by molar-refractivity contribution is 5.26. The van der Waals surface area contributed by atoms with Crippen LogP contribution in [0.2, 0.25) is 0 Å². The zero-order chi connectivity index (χ0) is 39.0. The maximum atomic E-state index is 12.1. The van der Waals surface area contributed by atoms with Gasteiger partial charge in [0.2, 0.25) is 0 Å². The van der Waals surface area contributed by atoms with Gasteiger partial charge in [0, 0.05) is 24.2 Å². The molecule has 13 nitrogen and oxygen atoms in total. The normalized spacial score (nSPS) is 57.7. The zero-order valence-corrected chi connectivity index (χ0v) is 33.1. The first-order valence-corrected chi connectivity index (χ1v) is 20.5. The molecule has 7 N–H and O–H groups in total. The number of allylic oxidation sites excluding steroid dienone is 1. The fourth-order valence-corrected chi connectivity index (χ4v) is 14.4. The van der Waals surface area contributed by atoms with Crippen molar-refractivity contribution in [3.63, 3.8) is 0 Å². The molecule has 20 unspecified atom stereocenters. The molecule has 54 heavy (non-hydrogen) atoms. The highest BCUT2D eigenvalue weighted by Gasteiger charge is 2.80. The van der Waals surface area contributed by atoms with Crippen LogP contribution in [0, 0.1) is 45.3 Å². The van der Waals surface area contributed by atoms with Crippen molar-refractivity contribution in [2.45, 2.75) is 179 Å². The van der Waals surface area contributed by atoms with E-state index < -0.39 is 73.3 Å². The minimum absolute atomic E-state index is 0.00497. The molecule has 0 amide bonds. The van der Waals surface area contributed by atoms with Crippen molar-refractivity contribution in [3.8, 4) is 0 Å². The lowest BCUT2D eigenvalue weighted by atomic mass is 9.35. The smallest absolute Gasteiger partial charge is 0.187 e. The molecule has 4 aliphatic heterocycles. The van der Waals surface area contributed by atoms with Gasteiger partial charge in [0.25, 0.3) is 0 Å². The highest BCUT2D eigenvalue weighted by Crippen LogP contribution is 2.80. The molecule has 0 aromatic carbocycles. The standard InChI is InChI=1S/C41H66O13/c1-20(2)14-21-15-39(7,48)33-22-8-9-26-37(5)12-11-27(36(3,4)25(37)10-13-38(26,6)40(22)18-41(33,54-21)50-19-40)52-34-31(47)32(23(43)17-49-34)53-35-30(46)29(45)28(44)24(16-42)51-35/h14,21-35,42-48H,8-13,15-19H2,1-7H3. The second-order valence-electron chi connectivity index (χ2n) is 20.2. The van der Waals surface area contributed by atoms with E-state index in [4.69, 9.17) is 28.4 Å². The van der Waals surface area contributed by atoms with Crippen LogP contribution in [0.15, 0.2) is 11.6 Å². The van der Waals surface area contributed by atoms with Gasteiger partial charge in [-0.2, -0.15) is 0 Å². The van der Waals surface area contributed by atoms with Gasteiger partial charge in [-0.25, -0.2) is 0 Å². The van der Waals surface area contributed by atoms with Gasteiger partial charge >= 0.3 is 0 Å². The maximum Gasteiger partial charge on any atom is 0.187 e. The Hall–Kier alpha value is -0.780. The minimum Gasteiger partial charge on any atom is -0.394 e. The fraction of sp³-hybridized carbons (Fsp3) is 0.951. The molecule has 13 heteroatoms. The molecule has 4 saturated carbocycles. The number of aliphatic hydroxyl groups excluding tert-OH is 6. The first kappa shape index (κ1) is 40.0. The molecule has 8 aliphatic rings. The second-order valence-corrected chi connectivity index (χ2v) is 20.2. The number of hydrogen-bond donors (Lipinski definition) is 7. The molecule has 20 atom stereocenters. The van der Waals surface area contributed by atoms with E-state index in [0.29, 0.717) is 30.8 Å². The van der Waals surface area contributed by atoms with Crippen molar-refractivity contribution < 1.29 is 64.2 Å². The van der Waals surface area contributed by atoms with Gasteiger partial charge in [-0.15, -0.1) is 0 Å². The SMILES string of the molecule is CC(C)=CC1CC(C)(O)C2C3CCC4C5(C)CCC(OC6OCC(O)C(OC7OC(CO)C(O)C(O)C7O)C6O)C(C)(C)C5CCC4(C)C34COC2(C4)O1. The Labute approximate surface area is 319 Å². The molecule has 0 aromatic rings. The fourth-order valence-electron chi connectivity index (χ4n) is 14.4. The van der Waals surface area contributed by atoms with Gasteiger partial charge in [0.05, 0.1) is 37.6 Å². The van der Waals surface area contributed by atoms with Crippen molar-refractivity contribution >= 4 is 0 Å². The quantitative estimate of drug-likeness (QED) is 0.154. The number of ether oxygens (including phenoxy) is 6. The first-order chi connectivity index (χ1) is 25.2. The predicted octanol–water partition coefficient (Wildman–Crippen LogP) is 2.14. The Balaban J connectivity index is 0.992. The molecule has 2 bridgehead atoms. The largest absolute Gasteiger partial charge is 0.394 e. The summed E-state index contributed by atoms with van der Waals surface area (Å²) in [4.78, 5) is 0. The molecular weight excluding hydrogens is 700 g/mol. The van der Waals surface area contributed by atoms with Crippen molar-refractivity contribution in [2.24, 2.45) is 45.3 Å². The van der Waals surface area contributed by atoms with Crippen molar-refractivity contribution in [2.75, 3.05) is 19.8 Å². The van der Waals surface area contributed by atoms with E-state index in [-0.39, 0.29) is 46.4 Å². The summed E-state index contributed by atoms with van der Waals surface area (Å²) in [6.45, 7) is 15.6. The third kappa shape index (κ3) is 5.65. The Bertz CT molecular complexity index is 1450. The van der Waals surface area contributed by atoms with Crippen LogP contribution in [0.1, 0.15) is 99.8 Å². The number of aliphatic hydroxyl groups is 7. The summed E-state index contributed by atoms with van der Waals surface area (Å²) in [6.07, 6.45) is -3.77. The van der Waals surface area contributed by atoms with E-state index >= 15 is 0 Å². The molecular formula is C41H66O13. The molecule has 308 valence electrons. The van der Waals surface area contributed by atoms with Gasteiger partial charge in [-0.1, -0.05) is 39.3 Å². The summed E-state index contributed by atoms with van der Waals surface area (Å²) >= 11 is 0. The van der Waals surface area contributed by atoms with Crippen molar-refractivity contribution in [1.29, 1.82) is 0 Å². The molecule has 2 spiro atoms. The Kier molecular flexibility index (Phi) is 9.91. The lowest BCUT2D eigenvalue weighted by Gasteiger charge is -2.70. The van der Waals surface area contributed by atoms with Gasteiger partial charge in [-0.3, -0.25) is 0 Å². The summed E-state index contributed by atoms with van der Waals surface area (Å²) in [6, 6.07) is 0. The van der Waals surface area contributed by atoms with Crippen LogP contribution in [-0.2, 0) is 28.4 Å². The van der Waals surface area contributed by atoms with Crippen LogP contribution in [0.5, 0.6) is 0 Å². The Morgan fingerprint density at radius 1 is 0.833 bits per heavy atom. The molecule has 8 fully saturated rings. The van der Waals surface area contributed by atoms with Crippen LogP contribution in [0.4, 0.5) is 0 Å². The molecule has 4 saturated heterocycles. The average Bonchev–Trinajstić information content (AvgIpc) is 3.61. The summed E-state index contributed by atoms with van der Waals surface area (Å²) < 4.78 is 37.6. The van der Waals surface area contributed by atoms with Crippen LogP contribution < -0.4 is 0 Å². The first-order valence-electron chi connectivity index (χ1n) is 20.5. The Morgan fingerprint density at radius 2 is 1.57 bits per heavy atom. The lowest BCUT2D eigenvalue weighted by Crippen LogP contribution is -2.67. The molecule has 0 aromatic heterocycles. The second kappa shape index (κ2) is 13.4. The zero-order valence-electron chi connectivity index (χ0n) is 33.1. The Morgan fingerprint density at radius 3 is 2.28 bits per heavy atom. The van der Waals surface area contributed by atoms with Gasteiger partial charge < -0.3 is 64.2 Å². The summed E-state index contributed by atoms with van der Waals surface area (Å²) in [5.74, 6) is 0.284. The van der Waals surface area contributed by atoms with E-state index in [2.05, 4.69) is 47.6 Å². The summed E-state index contributed by atoms with van der Waals surface area (Å²) in [5, 5.41) is 75.0. The van der Waals surface area contributed by atoms with E-state index in [1.165, 1.54) is 5.57 Å². The van der Waals surface area contributed by atoms with E-state index in [0.717, 1.165) is 44.9 Å². The number of hydrogen-bond acceptors (Lipinski definition) is 13. The molecule has 4 heterocycles. The maximum absolute atomic E-state index is 12.1. The lowest BCUT2D eigenvalue weighted by molar-refractivity contribution is -0.358. The third-order valence-corrected chi connectivity index (χ3v) is 16.6. The molecule has 8 rings (SSSR count).